The first-order valence-electron chi connectivity index (χ1n) is 7.05. The molecule has 0 spiro atoms. The van der Waals surface area contributed by atoms with Gasteiger partial charge >= 0.3 is 0 Å². The Morgan fingerprint density at radius 2 is 2.10 bits per heavy atom. The molecule has 2 aliphatic rings. The summed E-state index contributed by atoms with van der Waals surface area (Å²) in [5.74, 6) is 0.285. The molecule has 1 aromatic rings. The summed E-state index contributed by atoms with van der Waals surface area (Å²) < 4.78 is 0. The van der Waals surface area contributed by atoms with Crippen LogP contribution in [0.3, 0.4) is 0 Å². The number of halogens is 2. The van der Waals surface area contributed by atoms with Gasteiger partial charge in [-0.3, -0.25) is 4.79 Å². The number of carbonyl (C=O) groups is 1. The van der Waals surface area contributed by atoms with Crippen LogP contribution in [0.2, 0.25) is 10.0 Å². The second-order valence-electron chi connectivity index (χ2n) is 5.83. The molecule has 1 aliphatic heterocycles. The molecule has 0 aromatic heterocycles. The summed E-state index contributed by atoms with van der Waals surface area (Å²) in [6, 6.07) is 5.66. The van der Waals surface area contributed by atoms with Crippen LogP contribution in [0.4, 0.5) is 0 Å². The molecule has 0 atom stereocenters. The Balaban J connectivity index is 1.72. The van der Waals surface area contributed by atoms with Crippen molar-refractivity contribution < 1.29 is 4.79 Å². The van der Waals surface area contributed by atoms with Crippen molar-refractivity contribution in [3.05, 3.63) is 33.8 Å². The van der Waals surface area contributed by atoms with Crippen molar-refractivity contribution in [2.24, 2.45) is 5.92 Å². The molecule has 2 N–H and O–H groups in total. The highest BCUT2D eigenvalue weighted by molar-refractivity contribution is 6.35. The summed E-state index contributed by atoms with van der Waals surface area (Å²) >= 11 is 12.3. The highest BCUT2D eigenvalue weighted by Crippen LogP contribution is 2.46. The van der Waals surface area contributed by atoms with Gasteiger partial charge in [0.25, 0.3) is 0 Å². The van der Waals surface area contributed by atoms with E-state index in [0.717, 1.165) is 31.5 Å². The Morgan fingerprint density at radius 3 is 2.60 bits per heavy atom. The minimum atomic E-state index is -0.00545. The molecular weight excluding hydrogens is 295 g/mol. The standard InChI is InChI=1S/C15H18Cl2N2O/c16-11-2-3-12(13(17)6-11)15(4-1-5-15)9-19-14(20)10-7-18-8-10/h2-3,6,10,18H,1,4-5,7-9H2,(H,19,20). The normalized spacial score (nSPS) is 20.9. The number of hydrogen-bond acceptors (Lipinski definition) is 2. The first-order valence-corrected chi connectivity index (χ1v) is 7.80. The smallest absolute Gasteiger partial charge is 0.225 e. The summed E-state index contributed by atoms with van der Waals surface area (Å²) in [6.07, 6.45) is 3.31. The fraction of sp³-hybridized carbons (Fsp3) is 0.533. The molecule has 5 heteroatoms. The Hall–Kier alpha value is -0.770. The zero-order valence-electron chi connectivity index (χ0n) is 11.2. The molecule has 0 radical (unpaired) electrons. The van der Waals surface area contributed by atoms with Crippen LogP contribution < -0.4 is 10.6 Å². The van der Waals surface area contributed by atoms with Crippen molar-refractivity contribution in [3.63, 3.8) is 0 Å². The van der Waals surface area contributed by atoms with Crippen LogP contribution in [0.25, 0.3) is 0 Å². The van der Waals surface area contributed by atoms with E-state index in [9.17, 15) is 4.79 Å². The number of rotatable bonds is 4. The lowest BCUT2D eigenvalue weighted by atomic mass is 9.64. The van der Waals surface area contributed by atoms with E-state index in [-0.39, 0.29) is 17.2 Å². The fourth-order valence-corrected chi connectivity index (χ4v) is 3.55. The van der Waals surface area contributed by atoms with Crippen LogP contribution in [0.15, 0.2) is 18.2 Å². The van der Waals surface area contributed by atoms with E-state index in [1.807, 2.05) is 12.1 Å². The quantitative estimate of drug-likeness (QED) is 0.897. The summed E-state index contributed by atoms with van der Waals surface area (Å²) in [5.41, 5.74) is 1.11. The topological polar surface area (TPSA) is 41.1 Å². The zero-order chi connectivity index (χ0) is 14.2. The average molecular weight is 313 g/mol. The van der Waals surface area contributed by atoms with Crippen molar-refractivity contribution in [1.29, 1.82) is 0 Å². The van der Waals surface area contributed by atoms with E-state index in [0.29, 0.717) is 16.6 Å². The Kier molecular flexibility index (Phi) is 3.93. The van der Waals surface area contributed by atoms with Gasteiger partial charge in [0.1, 0.15) is 0 Å². The summed E-state index contributed by atoms with van der Waals surface area (Å²) in [7, 11) is 0. The summed E-state index contributed by atoms with van der Waals surface area (Å²) in [5, 5.41) is 7.57. The first kappa shape index (κ1) is 14.2. The second-order valence-corrected chi connectivity index (χ2v) is 6.67. The van der Waals surface area contributed by atoms with Crippen molar-refractivity contribution in [2.75, 3.05) is 19.6 Å². The van der Waals surface area contributed by atoms with Gasteiger partial charge in [0.15, 0.2) is 0 Å². The third kappa shape index (κ3) is 2.54. The van der Waals surface area contributed by atoms with Gasteiger partial charge in [-0.15, -0.1) is 0 Å². The van der Waals surface area contributed by atoms with E-state index in [1.165, 1.54) is 6.42 Å². The van der Waals surface area contributed by atoms with Crippen molar-refractivity contribution in [1.82, 2.24) is 10.6 Å². The molecular formula is C15H18Cl2N2O. The van der Waals surface area contributed by atoms with Crippen molar-refractivity contribution in [2.45, 2.75) is 24.7 Å². The largest absolute Gasteiger partial charge is 0.355 e. The molecule has 3 rings (SSSR count). The predicted molar refractivity (Wildman–Crippen MR) is 81.4 cm³/mol. The maximum Gasteiger partial charge on any atom is 0.225 e. The monoisotopic (exact) mass is 312 g/mol. The highest BCUT2D eigenvalue weighted by Gasteiger charge is 2.40. The van der Waals surface area contributed by atoms with Gasteiger partial charge < -0.3 is 10.6 Å². The molecule has 20 heavy (non-hydrogen) atoms. The van der Waals surface area contributed by atoms with Crippen LogP contribution in [-0.2, 0) is 10.2 Å². The number of nitrogens with one attached hydrogen (secondary N) is 2. The number of hydrogen-bond donors (Lipinski definition) is 2. The van der Waals surface area contributed by atoms with Crippen LogP contribution >= 0.6 is 23.2 Å². The third-order valence-corrected chi connectivity index (χ3v) is 5.11. The lowest BCUT2D eigenvalue weighted by Crippen LogP contribution is -2.54. The summed E-state index contributed by atoms with van der Waals surface area (Å²) in [6.45, 7) is 2.25. The van der Waals surface area contributed by atoms with Gasteiger partial charge in [-0.05, 0) is 30.5 Å². The van der Waals surface area contributed by atoms with E-state index in [4.69, 9.17) is 23.2 Å². The van der Waals surface area contributed by atoms with Gasteiger partial charge in [-0.25, -0.2) is 0 Å². The molecule has 2 fully saturated rings. The molecule has 108 valence electrons. The molecule has 3 nitrogen and oxygen atoms in total. The Morgan fingerprint density at radius 1 is 1.35 bits per heavy atom. The van der Waals surface area contributed by atoms with Gasteiger partial charge in [0, 0.05) is 35.1 Å². The molecule has 1 amide bonds. The minimum Gasteiger partial charge on any atom is -0.355 e. The maximum atomic E-state index is 12.0. The van der Waals surface area contributed by atoms with E-state index in [1.54, 1.807) is 6.07 Å². The van der Waals surface area contributed by atoms with Crippen LogP contribution in [0.5, 0.6) is 0 Å². The molecule has 1 aromatic carbocycles. The van der Waals surface area contributed by atoms with Crippen molar-refractivity contribution in [3.8, 4) is 0 Å². The van der Waals surface area contributed by atoms with Gasteiger partial charge in [-0.2, -0.15) is 0 Å². The van der Waals surface area contributed by atoms with Crippen LogP contribution in [-0.4, -0.2) is 25.5 Å². The molecule has 0 bridgehead atoms. The molecule has 0 unspecified atom stereocenters. The van der Waals surface area contributed by atoms with Crippen molar-refractivity contribution >= 4 is 29.1 Å². The lowest BCUT2D eigenvalue weighted by molar-refractivity contribution is -0.126. The molecule has 1 saturated heterocycles. The first-order chi connectivity index (χ1) is 9.61. The average Bonchev–Trinajstić information content (AvgIpc) is 2.27. The minimum absolute atomic E-state index is 0.00545. The Labute approximate surface area is 129 Å². The Bertz CT molecular complexity index is 525. The van der Waals surface area contributed by atoms with E-state index in [2.05, 4.69) is 10.6 Å². The maximum absolute atomic E-state index is 12.0. The summed E-state index contributed by atoms with van der Waals surface area (Å²) in [4.78, 5) is 12.0. The molecule has 1 heterocycles. The highest BCUT2D eigenvalue weighted by atomic mass is 35.5. The third-order valence-electron chi connectivity index (χ3n) is 4.57. The number of carbonyl (C=O) groups excluding carboxylic acids is 1. The van der Waals surface area contributed by atoms with Gasteiger partial charge in [-0.1, -0.05) is 35.7 Å². The lowest BCUT2D eigenvalue weighted by Gasteiger charge is -2.43. The zero-order valence-corrected chi connectivity index (χ0v) is 12.7. The van der Waals surface area contributed by atoms with Gasteiger partial charge in [0.2, 0.25) is 5.91 Å². The van der Waals surface area contributed by atoms with Crippen LogP contribution in [0, 0.1) is 5.92 Å². The second kappa shape index (κ2) is 5.55. The van der Waals surface area contributed by atoms with E-state index >= 15 is 0 Å². The predicted octanol–water partition coefficient (Wildman–Crippen LogP) is 2.75. The van der Waals surface area contributed by atoms with Crippen LogP contribution in [0.1, 0.15) is 24.8 Å². The fourth-order valence-electron chi connectivity index (χ4n) is 2.94. The molecule has 1 aliphatic carbocycles. The van der Waals surface area contributed by atoms with Gasteiger partial charge in [0.05, 0.1) is 5.92 Å². The number of amides is 1. The van der Waals surface area contributed by atoms with E-state index < -0.39 is 0 Å². The SMILES string of the molecule is O=C(NCC1(c2ccc(Cl)cc2Cl)CCC1)C1CNC1. The number of benzene rings is 1. The molecule has 1 saturated carbocycles.